The van der Waals surface area contributed by atoms with Gasteiger partial charge >= 0.3 is 18.5 Å². The van der Waals surface area contributed by atoms with Gasteiger partial charge < -0.3 is 10.1 Å². The molecular formula is C80H64F9NO4S3. The number of carbonyl (C=O) groups is 3. The molecule has 3 aromatic heterocycles. The fraction of sp³-hybridized carbons (Fsp3) is 0.212. The highest BCUT2D eigenvalue weighted by Gasteiger charge is 2.47. The van der Waals surface area contributed by atoms with Crippen molar-refractivity contribution in [1.82, 2.24) is 5.32 Å². The molecule has 11 aromatic rings. The van der Waals surface area contributed by atoms with Crippen LogP contribution in [0.25, 0.3) is 44.5 Å². The van der Waals surface area contributed by atoms with Gasteiger partial charge in [0.05, 0.1) is 31.0 Å². The molecule has 0 amide bonds. The maximum absolute atomic E-state index is 13.3. The average molecular weight is 1370 g/mol. The Morgan fingerprint density at radius 1 is 0.330 bits per heavy atom. The number of morpholine rings is 1. The standard InChI is InChI=1S/3C21H15F3OS.C13H10.C4H9NO/c3*22-21(23,24)20(25)19(12-14-6-4-10-26-14)17-9-3-8-16-15-7-2-1-5-13(15)11-18(16)17;1-3-7-12-10(5-1)9-11-6-2-4-8-13(11)12;1-3-6-4-2-5-1/h3*1-10,19H,11-12H2;1-8H,9H2;5H,1-4H2. The van der Waals surface area contributed by atoms with Crippen LogP contribution >= 0.6 is 34.0 Å². The second kappa shape index (κ2) is 29.9. The molecule has 0 bridgehead atoms. The zero-order chi connectivity index (χ0) is 67.8. The Bertz CT molecular complexity index is 4140. The largest absolute Gasteiger partial charge is 0.450 e. The molecule has 3 atom stereocenters. The summed E-state index contributed by atoms with van der Waals surface area (Å²) in [5.41, 5.74) is 18.9. The van der Waals surface area contributed by atoms with Crippen molar-refractivity contribution in [3.63, 3.8) is 0 Å². The van der Waals surface area contributed by atoms with Gasteiger partial charge in [-0.3, -0.25) is 14.4 Å². The molecule has 0 spiro atoms. The number of rotatable bonds is 12. The summed E-state index contributed by atoms with van der Waals surface area (Å²) in [4.78, 5) is 39.1. The molecule has 0 radical (unpaired) electrons. The minimum Gasteiger partial charge on any atom is -0.379 e. The third kappa shape index (κ3) is 15.6. The Morgan fingerprint density at radius 3 is 0.825 bits per heavy atom. The predicted molar refractivity (Wildman–Crippen MR) is 368 cm³/mol. The van der Waals surface area contributed by atoms with Crippen molar-refractivity contribution in [2.75, 3.05) is 26.3 Å². The fourth-order valence-electron chi connectivity index (χ4n) is 13.6. The summed E-state index contributed by atoms with van der Waals surface area (Å²) < 4.78 is 125. The summed E-state index contributed by atoms with van der Waals surface area (Å²) >= 11 is 4.13. The SMILES string of the molecule is C1COCCN1.O=C(C(Cc1cccs1)c1cccc2c1Cc1ccccc1-2)C(F)(F)F.O=C(C(Cc1cccs1)c1cccc2c1Cc1ccccc1-2)C(F)(F)F.O=C(C(Cc1cccs1)c1cccc2c1Cc1ccccc1-2)C(F)(F)F.c1ccc2c(c1)Cc1ccccc1-2. The lowest BCUT2D eigenvalue weighted by Crippen LogP contribution is -2.30. The molecule has 5 nitrogen and oxygen atoms in total. The zero-order valence-electron chi connectivity index (χ0n) is 52.2. The van der Waals surface area contributed by atoms with Gasteiger partial charge in [0.1, 0.15) is 0 Å². The number of carbonyl (C=O) groups excluding carboxylic acids is 3. The Hall–Kier alpha value is -8.84. The van der Waals surface area contributed by atoms with Crippen molar-refractivity contribution in [3.05, 3.63) is 304 Å². The van der Waals surface area contributed by atoms with Gasteiger partial charge in [-0.15, -0.1) is 34.0 Å². The van der Waals surface area contributed by atoms with Crippen molar-refractivity contribution in [2.45, 2.75) is 81.2 Å². The Morgan fingerprint density at radius 2 is 0.588 bits per heavy atom. The molecule has 1 saturated heterocycles. The molecule has 1 aliphatic heterocycles. The molecule has 494 valence electrons. The Kier molecular flexibility index (Phi) is 21.0. The van der Waals surface area contributed by atoms with Crippen LogP contribution in [0.5, 0.6) is 0 Å². The van der Waals surface area contributed by atoms with Gasteiger partial charge in [-0.05, 0) is 185 Å². The summed E-state index contributed by atoms with van der Waals surface area (Å²) in [5, 5.41) is 8.61. The van der Waals surface area contributed by atoms with Gasteiger partial charge in [-0.2, -0.15) is 39.5 Å². The monoisotopic (exact) mass is 1370 g/mol. The molecular weight excluding hydrogens is 1310 g/mol. The molecule has 3 unspecified atom stereocenters. The minimum atomic E-state index is -4.85. The van der Waals surface area contributed by atoms with E-state index < -0.39 is 53.6 Å². The van der Waals surface area contributed by atoms with E-state index in [4.69, 9.17) is 4.74 Å². The molecule has 8 aromatic carbocycles. The van der Waals surface area contributed by atoms with Crippen molar-refractivity contribution in [1.29, 1.82) is 0 Å². The second-order valence-corrected chi connectivity index (χ2v) is 27.2. The normalized spacial score (nSPS) is 14.4. The summed E-state index contributed by atoms with van der Waals surface area (Å²) in [5.74, 6) is -8.64. The summed E-state index contributed by atoms with van der Waals surface area (Å²) in [7, 11) is 0. The maximum Gasteiger partial charge on any atom is 0.450 e. The second-order valence-electron chi connectivity index (χ2n) is 24.1. The molecule has 97 heavy (non-hydrogen) atoms. The predicted octanol–water partition coefficient (Wildman–Crippen LogP) is 20.2. The smallest absolute Gasteiger partial charge is 0.379 e. The number of thiophene rings is 3. The van der Waals surface area contributed by atoms with Crippen LogP contribution in [0.3, 0.4) is 0 Å². The van der Waals surface area contributed by atoms with Gasteiger partial charge in [-0.1, -0.05) is 194 Å². The highest BCUT2D eigenvalue weighted by Crippen LogP contribution is 2.47. The van der Waals surface area contributed by atoms with E-state index in [1.54, 1.807) is 72.8 Å². The summed E-state index contributed by atoms with van der Waals surface area (Å²) in [6, 6.07) is 67.5. The lowest BCUT2D eigenvalue weighted by Gasteiger charge is -2.20. The van der Waals surface area contributed by atoms with Gasteiger partial charge in [0, 0.05) is 27.7 Å². The number of halogens is 9. The zero-order valence-corrected chi connectivity index (χ0v) is 54.7. The number of ether oxygens (including phenoxy) is 1. The first kappa shape index (κ1) is 68.1. The van der Waals surface area contributed by atoms with Crippen LogP contribution in [-0.2, 0) is 64.1 Å². The number of alkyl halides is 9. The van der Waals surface area contributed by atoms with Gasteiger partial charge in [0.25, 0.3) is 0 Å². The molecule has 16 rings (SSSR count). The van der Waals surface area contributed by atoms with E-state index in [9.17, 15) is 53.9 Å². The van der Waals surface area contributed by atoms with E-state index in [2.05, 4.69) is 53.8 Å². The first-order valence-corrected chi connectivity index (χ1v) is 34.4. The van der Waals surface area contributed by atoms with Crippen LogP contribution in [0.2, 0.25) is 0 Å². The molecule has 0 saturated carbocycles. The third-order valence-electron chi connectivity index (χ3n) is 18.1. The van der Waals surface area contributed by atoms with Crippen LogP contribution in [-0.4, -0.2) is 62.2 Å². The lowest BCUT2D eigenvalue weighted by molar-refractivity contribution is -0.172. The number of Topliss-reactive ketones (excluding diaryl/α,β-unsaturated/α-hetero) is 3. The van der Waals surface area contributed by atoms with Gasteiger partial charge in [-0.25, -0.2) is 0 Å². The first-order chi connectivity index (χ1) is 46.8. The van der Waals surface area contributed by atoms with E-state index in [0.717, 1.165) is 114 Å². The minimum absolute atomic E-state index is 0.0722. The van der Waals surface area contributed by atoms with Crippen molar-refractivity contribution < 1.29 is 58.6 Å². The van der Waals surface area contributed by atoms with Crippen LogP contribution in [0.15, 0.2) is 228 Å². The summed E-state index contributed by atoms with van der Waals surface area (Å²) in [6.45, 7) is 3.83. The van der Waals surface area contributed by atoms with E-state index >= 15 is 0 Å². The van der Waals surface area contributed by atoms with Crippen LogP contribution in [0.4, 0.5) is 39.5 Å². The third-order valence-corrected chi connectivity index (χ3v) is 20.8. The number of ketones is 3. The number of benzene rings is 8. The van der Waals surface area contributed by atoms with Crippen molar-refractivity contribution >= 4 is 51.4 Å². The summed E-state index contributed by atoms with van der Waals surface area (Å²) in [6.07, 6.45) is -11.5. The molecule has 1 N–H and O–H groups in total. The first-order valence-electron chi connectivity index (χ1n) is 31.7. The highest BCUT2D eigenvalue weighted by atomic mass is 32.1. The van der Waals surface area contributed by atoms with E-state index in [1.807, 2.05) is 107 Å². The lowest BCUT2D eigenvalue weighted by atomic mass is 9.85. The number of hydrogen-bond acceptors (Lipinski definition) is 8. The number of nitrogens with one attached hydrogen (secondary N) is 1. The molecule has 1 fully saturated rings. The Labute approximate surface area is 568 Å². The van der Waals surface area contributed by atoms with Crippen molar-refractivity contribution in [3.8, 4) is 44.5 Å². The molecule has 4 aliphatic carbocycles. The fourth-order valence-corrected chi connectivity index (χ4v) is 15.9. The number of hydrogen-bond donors (Lipinski definition) is 1. The van der Waals surface area contributed by atoms with Crippen LogP contribution in [0.1, 0.15) is 93.6 Å². The molecule has 5 aliphatic rings. The quantitative estimate of drug-likeness (QED) is 0.123. The van der Waals surface area contributed by atoms with E-state index in [1.165, 1.54) is 56.3 Å². The molecule has 17 heteroatoms. The highest BCUT2D eigenvalue weighted by molar-refractivity contribution is 7.10. The van der Waals surface area contributed by atoms with E-state index in [-0.39, 0.29) is 19.3 Å². The van der Waals surface area contributed by atoms with Crippen LogP contribution < -0.4 is 5.32 Å². The van der Waals surface area contributed by atoms with E-state index in [0.29, 0.717) is 36.0 Å². The topological polar surface area (TPSA) is 72.5 Å². The van der Waals surface area contributed by atoms with Crippen LogP contribution in [0, 0.1) is 0 Å². The number of fused-ring (bicyclic) bond motifs is 12. The maximum atomic E-state index is 13.3. The van der Waals surface area contributed by atoms with Gasteiger partial charge in [0.2, 0.25) is 17.3 Å². The Balaban J connectivity index is 0.000000122. The molecule has 4 heterocycles. The van der Waals surface area contributed by atoms with Gasteiger partial charge in [0.15, 0.2) is 0 Å². The van der Waals surface area contributed by atoms with Crippen molar-refractivity contribution in [2.24, 2.45) is 0 Å². The average Bonchev–Trinajstić information content (AvgIpc) is 1.65.